The number of fused-ring (bicyclic) bond motifs is 2. The predicted molar refractivity (Wildman–Crippen MR) is 57.7 cm³/mol. The molecule has 2 fully saturated rings. The smallest absolute Gasteiger partial charge is 0.407 e. The van der Waals surface area contributed by atoms with Crippen LogP contribution in [0.5, 0.6) is 0 Å². The number of carbonyl (C=O) groups excluding carboxylic acids is 1. The van der Waals surface area contributed by atoms with Crippen LogP contribution in [0.4, 0.5) is 4.79 Å². The highest BCUT2D eigenvalue weighted by Gasteiger charge is 2.39. The first kappa shape index (κ1) is 10.7. The van der Waals surface area contributed by atoms with Crippen molar-refractivity contribution in [1.29, 1.82) is 0 Å². The fourth-order valence-corrected chi connectivity index (χ4v) is 2.49. The molecule has 0 saturated carbocycles. The lowest BCUT2D eigenvalue weighted by Crippen LogP contribution is -2.43. The van der Waals surface area contributed by atoms with Gasteiger partial charge in [-0.2, -0.15) is 0 Å². The average Bonchev–Trinajstić information content (AvgIpc) is 2.79. The third kappa shape index (κ3) is 2.62. The van der Waals surface area contributed by atoms with Crippen molar-refractivity contribution in [1.82, 2.24) is 10.6 Å². The number of unbranched alkanes of at least 4 members (excludes halogenated alkanes) is 1. The zero-order valence-corrected chi connectivity index (χ0v) is 9.29. The van der Waals surface area contributed by atoms with Crippen molar-refractivity contribution in [3.63, 3.8) is 0 Å². The van der Waals surface area contributed by atoms with Crippen molar-refractivity contribution in [2.24, 2.45) is 0 Å². The zero-order chi connectivity index (χ0) is 10.7. The third-order valence-electron chi connectivity index (χ3n) is 3.33. The number of hydrogen-bond donors (Lipinski definition) is 2. The van der Waals surface area contributed by atoms with Crippen LogP contribution in [0.2, 0.25) is 0 Å². The van der Waals surface area contributed by atoms with Crippen molar-refractivity contribution in [3.05, 3.63) is 0 Å². The number of amides is 1. The molecule has 86 valence electrons. The van der Waals surface area contributed by atoms with Gasteiger partial charge < -0.3 is 15.4 Å². The lowest BCUT2D eigenvalue weighted by atomic mass is 9.96. The van der Waals surface area contributed by atoms with Crippen molar-refractivity contribution in [3.8, 4) is 0 Å². The van der Waals surface area contributed by atoms with Crippen molar-refractivity contribution < 1.29 is 9.53 Å². The van der Waals surface area contributed by atoms with Gasteiger partial charge in [0.2, 0.25) is 0 Å². The standard InChI is InChI=1S/C11H20N2O2/c1-2-3-6-15-11(14)13-10-7-8-4-5-9(10)12-8/h8-10,12H,2-7H2,1H3,(H,13,14)/t8-,9+,10?/m0/s1. The molecule has 0 aromatic heterocycles. The summed E-state index contributed by atoms with van der Waals surface area (Å²) in [5.74, 6) is 0. The summed E-state index contributed by atoms with van der Waals surface area (Å²) in [4.78, 5) is 11.4. The van der Waals surface area contributed by atoms with Crippen LogP contribution in [0.15, 0.2) is 0 Å². The maximum atomic E-state index is 11.4. The minimum atomic E-state index is -0.247. The summed E-state index contributed by atoms with van der Waals surface area (Å²) in [6.45, 7) is 2.62. The van der Waals surface area contributed by atoms with Crippen LogP contribution in [-0.4, -0.2) is 30.8 Å². The average molecular weight is 212 g/mol. The predicted octanol–water partition coefficient (Wildman–Crippen LogP) is 1.41. The molecule has 1 unspecified atom stereocenters. The van der Waals surface area contributed by atoms with E-state index in [4.69, 9.17) is 4.74 Å². The Morgan fingerprint density at radius 2 is 2.40 bits per heavy atom. The highest BCUT2D eigenvalue weighted by atomic mass is 16.5. The SMILES string of the molecule is CCCCOC(=O)NC1C[C@@H]2CC[C@H]1N2. The maximum absolute atomic E-state index is 11.4. The van der Waals surface area contributed by atoms with Crippen LogP contribution in [0.25, 0.3) is 0 Å². The third-order valence-corrected chi connectivity index (χ3v) is 3.33. The Kier molecular flexibility index (Phi) is 3.46. The lowest BCUT2D eigenvalue weighted by molar-refractivity contribution is 0.139. The summed E-state index contributed by atoms with van der Waals surface area (Å²) in [6.07, 6.45) is 5.26. The fraction of sp³-hybridized carbons (Fsp3) is 0.909. The van der Waals surface area contributed by atoms with E-state index in [1.807, 2.05) is 0 Å². The molecular formula is C11H20N2O2. The second kappa shape index (κ2) is 4.84. The van der Waals surface area contributed by atoms with E-state index in [1.54, 1.807) is 0 Å². The summed E-state index contributed by atoms with van der Waals surface area (Å²) >= 11 is 0. The second-order valence-corrected chi connectivity index (χ2v) is 4.52. The van der Waals surface area contributed by atoms with Gasteiger partial charge in [0.25, 0.3) is 0 Å². The minimum absolute atomic E-state index is 0.247. The molecule has 2 saturated heterocycles. The van der Waals surface area contributed by atoms with E-state index in [1.165, 1.54) is 12.8 Å². The summed E-state index contributed by atoms with van der Waals surface area (Å²) in [6, 6.07) is 1.39. The van der Waals surface area contributed by atoms with E-state index in [0.717, 1.165) is 19.3 Å². The molecule has 1 amide bonds. The van der Waals surface area contributed by atoms with Gasteiger partial charge >= 0.3 is 6.09 Å². The van der Waals surface area contributed by atoms with E-state index >= 15 is 0 Å². The summed E-state index contributed by atoms with van der Waals surface area (Å²) in [5.41, 5.74) is 0. The fourth-order valence-electron chi connectivity index (χ4n) is 2.49. The van der Waals surface area contributed by atoms with Gasteiger partial charge in [-0.25, -0.2) is 4.79 Å². The van der Waals surface area contributed by atoms with Gasteiger partial charge in [0.1, 0.15) is 0 Å². The monoisotopic (exact) mass is 212 g/mol. The van der Waals surface area contributed by atoms with Crippen LogP contribution in [-0.2, 0) is 4.74 Å². The minimum Gasteiger partial charge on any atom is -0.450 e. The lowest BCUT2D eigenvalue weighted by Gasteiger charge is -2.20. The number of ether oxygens (including phenoxy) is 1. The number of nitrogens with one attached hydrogen (secondary N) is 2. The van der Waals surface area contributed by atoms with Gasteiger partial charge in [0.15, 0.2) is 0 Å². The molecule has 2 aliphatic rings. The Morgan fingerprint density at radius 3 is 3.00 bits per heavy atom. The highest BCUT2D eigenvalue weighted by molar-refractivity contribution is 5.67. The van der Waals surface area contributed by atoms with E-state index in [0.29, 0.717) is 18.7 Å². The largest absolute Gasteiger partial charge is 0.450 e. The number of rotatable bonds is 4. The van der Waals surface area contributed by atoms with Gasteiger partial charge in [-0.15, -0.1) is 0 Å². The van der Waals surface area contributed by atoms with Gasteiger partial charge in [-0.05, 0) is 25.7 Å². The molecular weight excluding hydrogens is 192 g/mol. The summed E-state index contributed by atoms with van der Waals surface area (Å²) in [7, 11) is 0. The van der Waals surface area contributed by atoms with Gasteiger partial charge in [-0.1, -0.05) is 13.3 Å². The summed E-state index contributed by atoms with van der Waals surface area (Å²) in [5, 5.41) is 6.43. The van der Waals surface area contributed by atoms with Crippen LogP contribution < -0.4 is 10.6 Å². The molecule has 4 nitrogen and oxygen atoms in total. The van der Waals surface area contributed by atoms with Crippen molar-refractivity contribution in [2.45, 2.75) is 57.2 Å². The Balaban J connectivity index is 1.66. The second-order valence-electron chi connectivity index (χ2n) is 4.52. The normalized spacial score (nSPS) is 33.0. The molecule has 0 aromatic rings. The molecule has 3 atom stereocenters. The molecule has 2 bridgehead atoms. The van der Waals surface area contributed by atoms with Crippen molar-refractivity contribution >= 4 is 6.09 Å². The molecule has 4 heteroatoms. The first-order chi connectivity index (χ1) is 7.29. The van der Waals surface area contributed by atoms with Crippen LogP contribution in [0.1, 0.15) is 39.0 Å². The molecule has 2 heterocycles. The van der Waals surface area contributed by atoms with Crippen LogP contribution >= 0.6 is 0 Å². The first-order valence-electron chi connectivity index (χ1n) is 5.99. The number of carbonyl (C=O) groups is 1. The Labute approximate surface area is 90.8 Å². The van der Waals surface area contributed by atoms with E-state index < -0.39 is 0 Å². The van der Waals surface area contributed by atoms with Crippen molar-refractivity contribution in [2.75, 3.05) is 6.61 Å². The molecule has 15 heavy (non-hydrogen) atoms. The quantitative estimate of drug-likeness (QED) is 0.693. The zero-order valence-electron chi connectivity index (χ0n) is 9.29. The topological polar surface area (TPSA) is 50.4 Å². The van der Waals surface area contributed by atoms with Gasteiger partial charge in [0.05, 0.1) is 6.61 Å². The summed E-state index contributed by atoms with van der Waals surface area (Å²) < 4.78 is 5.07. The molecule has 0 aliphatic carbocycles. The van der Waals surface area contributed by atoms with E-state index in [2.05, 4.69) is 17.6 Å². The molecule has 2 N–H and O–H groups in total. The Bertz CT molecular complexity index is 233. The molecule has 0 radical (unpaired) electrons. The first-order valence-corrected chi connectivity index (χ1v) is 5.99. The van der Waals surface area contributed by atoms with Gasteiger partial charge in [-0.3, -0.25) is 0 Å². The molecule has 2 rings (SSSR count). The van der Waals surface area contributed by atoms with Crippen LogP contribution in [0, 0.1) is 0 Å². The van der Waals surface area contributed by atoms with E-state index in [9.17, 15) is 4.79 Å². The van der Waals surface area contributed by atoms with Gasteiger partial charge in [0, 0.05) is 18.1 Å². The Hall–Kier alpha value is -0.770. The highest BCUT2D eigenvalue weighted by Crippen LogP contribution is 2.28. The molecule has 2 aliphatic heterocycles. The molecule has 0 aromatic carbocycles. The number of alkyl carbamates (subject to hydrolysis) is 1. The maximum Gasteiger partial charge on any atom is 0.407 e. The Morgan fingerprint density at radius 1 is 1.53 bits per heavy atom. The number of hydrogen-bond acceptors (Lipinski definition) is 3. The van der Waals surface area contributed by atoms with Crippen LogP contribution in [0.3, 0.4) is 0 Å². The molecule has 0 spiro atoms. The van der Waals surface area contributed by atoms with E-state index in [-0.39, 0.29) is 12.1 Å².